The Morgan fingerprint density at radius 2 is 1.62 bits per heavy atom. The number of halogens is 5. The van der Waals surface area contributed by atoms with E-state index in [1.54, 1.807) is 0 Å². The van der Waals surface area contributed by atoms with E-state index in [0.29, 0.717) is 12.1 Å². The highest BCUT2D eigenvalue weighted by atomic mass is 19.4. The highest BCUT2D eigenvalue weighted by Gasteiger charge is 2.32. The lowest BCUT2D eigenvalue weighted by Gasteiger charge is -2.12. The summed E-state index contributed by atoms with van der Waals surface area (Å²) in [6, 6.07) is 3.72. The summed E-state index contributed by atoms with van der Waals surface area (Å²) in [5.74, 6) is -2.63. The standard InChI is InChI=1S/C13H9F5N2O/c1-19-11-2-7(13(16,17)18)3-12(20-11)21-10-5-8(14)4-9(15)6-10/h2-6H,1H3,(H,19,20). The van der Waals surface area contributed by atoms with Crippen molar-refractivity contribution in [2.45, 2.75) is 6.18 Å². The summed E-state index contributed by atoms with van der Waals surface area (Å²) in [5.41, 5.74) is -0.992. The highest BCUT2D eigenvalue weighted by Crippen LogP contribution is 2.33. The number of hydrogen-bond acceptors (Lipinski definition) is 3. The number of nitrogens with zero attached hydrogens (tertiary/aromatic N) is 1. The van der Waals surface area contributed by atoms with Crippen LogP contribution in [0.5, 0.6) is 11.6 Å². The Labute approximate surface area is 116 Å². The minimum absolute atomic E-state index is 0.0864. The van der Waals surface area contributed by atoms with Gasteiger partial charge in [-0.15, -0.1) is 0 Å². The zero-order valence-electron chi connectivity index (χ0n) is 10.6. The van der Waals surface area contributed by atoms with Crippen LogP contribution < -0.4 is 10.1 Å². The van der Waals surface area contributed by atoms with Crippen molar-refractivity contribution in [1.82, 2.24) is 4.98 Å². The van der Waals surface area contributed by atoms with Crippen LogP contribution in [0.15, 0.2) is 30.3 Å². The first-order valence-corrected chi connectivity index (χ1v) is 5.69. The van der Waals surface area contributed by atoms with Gasteiger partial charge < -0.3 is 10.1 Å². The monoisotopic (exact) mass is 304 g/mol. The molecule has 112 valence electrons. The van der Waals surface area contributed by atoms with Crippen molar-refractivity contribution in [3.8, 4) is 11.6 Å². The second kappa shape index (κ2) is 5.55. The van der Waals surface area contributed by atoms with Gasteiger partial charge in [0, 0.05) is 31.3 Å². The molecule has 1 aromatic carbocycles. The molecule has 0 amide bonds. The van der Waals surface area contributed by atoms with Crippen molar-refractivity contribution in [2.24, 2.45) is 0 Å². The fourth-order valence-electron chi connectivity index (χ4n) is 1.56. The molecule has 0 bridgehead atoms. The van der Waals surface area contributed by atoms with E-state index in [0.717, 1.165) is 18.2 Å². The number of hydrogen-bond donors (Lipinski definition) is 1. The molecule has 0 radical (unpaired) electrons. The maximum absolute atomic E-state index is 13.0. The van der Waals surface area contributed by atoms with Crippen LogP contribution in [0.3, 0.4) is 0 Å². The Bertz CT molecular complexity index is 637. The van der Waals surface area contributed by atoms with Crippen LogP contribution in [-0.2, 0) is 6.18 Å². The molecule has 1 aromatic heterocycles. The van der Waals surface area contributed by atoms with E-state index in [9.17, 15) is 22.0 Å². The van der Waals surface area contributed by atoms with Gasteiger partial charge in [0.2, 0.25) is 5.88 Å². The molecule has 8 heteroatoms. The number of ether oxygens (including phenoxy) is 1. The molecule has 0 spiro atoms. The van der Waals surface area contributed by atoms with Gasteiger partial charge in [-0.3, -0.25) is 0 Å². The van der Waals surface area contributed by atoms with Gasteiger partial charge in [0.1, 0.15) is 23.2 Å². The maximum Gasteiger partial charge on any atom is 0.416 e. The van der Waals surface area contributed by atoms with E-state index < -0.39 is 29.3 Å². The average molecular weight is 304 g/mol. The van der Waals surface area contributed by atoms with Crippen LogP contribution in [0.4, 0.5) is 27.8 Å². The van der Waals surface area contributed by atoms with Gasteiger partial charge in [0.25, 0.3) is 0 Å². The summed E-state index contributed by atoms with van der Waals surface area (Å²) in [6.07, 6.45) is -4.60. The molecule has 2 rings (SSSR count). The van der Waals surface area contributed by atoms with Crippen LogP contribution in [-0.4, -0.2) is 12.0 Å². The topological polar surface area (TPSA) is 34.1 Å². The van der Waals surface area contributed by atoms with E-state index >= 15 is 0 Å². The van der Waals surface area contributed by atoms with Gasteiger partial charge >= 0.3 is 6.18 Å². The van der Waals surface area contributed by atoms with Crippen molar-refractivity contribution in [1.29, 1.82) is 0 Å². The molecule has 1 heterocycles. The van der Waals surface area contributed by atoms with Crippen LogP contribution in [0.2, 0.25) is 0 Å². The van der Waals surface area contributed by atoms with E-state index in [1.807, 2.05) is 0 Å². The van der Waals surface area contributed by atoms with E-state index in [-0.39, 0.29) is 11.6 Å². The number of pyridine rings is 1. The quantitative estimate of drug-likeness (QED) is 0.862. The van der Waals surface area contributed by atoms with Crippen molar-refractivity contribution in [2.75, 3.05) is 12.4 Å². The zero-order chi connectivity index (χ0) is 15.6. The molecule has 0 fully saturated rings. The molecule has 0 unspecified atom stereocenters. The molecule has 0 saturated carbocycles. The lowest BCUT2D eigenvalue weighted by atomic mass is 10.2. The van der Waals surface area contributed by atoms with Crippen LogP contribution in [0, 0.1) is 11.6 Å². The van der Waals surface area contributed by atoms with Crippen molar-refractivity contribution < 1.29 is 26.7 Å². The lowest BCUT2D eigenvalue weighted by Crippen LogP contribution is -2.07. The summed E-state index contributed by atoms with van der Waals surface area (Å²) >= 11 is 0. The molecular weight excluding hydrogens is 295 g/mol. The summed E-state index contributed by atoms with van der Waals surface area (Å²) in [7, 11) is 1.38. The Hall–Kier alpha value is -2.38. The smallest absolute Gasteiger partial charge is 0.416 e. The fourth-order valence-corrected chi connectivity index (χ4v) is 1.56. The first-order chi connectivity index (χ1) is 9.77. The van der Waals surface area contributed by atoms with Crippen molar-refractivity contribution >= 4 is 5.82 Å². The first kappa shape index (κ1) is 15.0. The minimum Gasteiger partial charge on any atom is -0.439 e. The normalized spacial score (nSPS) is 11.3. The minimum atomic E-state index is -4.60. The molecule has 0 aliphatic carbocycles. The van der Waals surface area contributed by atoms with Crippen LogP contribution >= 0.6 is 0 Å². The summed E-state index contributed by atoms with van der Waals surface area (Å²) in [4.78, 5) is 3.74. The molecule has 2 aromatic rings. The number of anilines is 1. The second-order valence-electron chi connectivity index (χ2n) is 4.03. The first-order valence-electron chi connectivity index (χ1n) is 5.69. The van der Waals surface area contributed by atoms with E-state index in [1.165, 1.54) is 7.05 Å². The molecule has 0 atom stereocenters. The molecule has 1 N–H and O–H groups in total. The predicted octanol–water partition coefficient (Wildman–Crippen LogP) is 4.21. The van der Waals surface area contributed by atoms with Crippen molar-refractivity contribution in [3.63, 3.8) is 0 Å². The average Bonchev–Trinajstić information content (AvgIpc) is 2.36. The Morgan fingerprint density at radius 1 is 1.00 bits per heavy atom. The third-order valence-corrected chi connectivity index (χ3v) is 2.44. The molecular formula is C13H9F5N2O. The Morgan fingerprint density at radius 3 is 2.14 bits per heavy atom. The SMILES string of the molecule is CNc1cc(C(F)(F)F)cc(Oc2cc(F)cc(F)c2)n1. The van der Waals surface area contributed by atoms with Crippen LogP contribution in [0.1, 0.15) is 5.56 Å². The fraction of sp³-hybridized carbons (Fsp3) is 0.154. The molecule has 0 saturated heterocycles. The van der Waals surface area contributed by atoms with Gasteiger partial charge in [-0.1, -0.05) is 0 Å². The van der Waals surface area contributed by atoms with Crippen LogP contribution in [0.25, 0.3) is 0 Å². The van der Waals surface area contributed by atoms with Gasteiger partial charge in [-0.2, -0.15) is 18.2 Å². The van der Waals surface area contributed by atoms with E-state index in [2.05, 4.69) is 10.3 Å². The third-order valence-electron chi connectivity index (χ3n) is 2.44. The Balaban J connectivity index is 2.39. The number of nitrogens with one attached hydrogen (secondary N) is 1. The molecule has 0 aliphatic rings. The molecule has 3 nitrogen and oxygen atoms in total. The van der Waals surface area contributed by atoms with Gasteiger partial charge in [-0.25, -0.2) is 8.78 Å². The molecule has 21 heavy (non-hydrogen) atoms. The van der Waals surface area contributed by atoms with E-state index in [4.69, 9.17) is 4.74 Å². The van der Waals surface area contributed by atoms with Gasteiger partial charge in [0.15, 0.2) is 0 Å². The zero-order valence-corrected chi connectivity index (χ0v) is 10.6. The number of aromatic nitrogens is 1. The number of alkyl halides is 3. The van der Waals surface area contributed by atoms with Crippen molar-refractivity contribution in [3.05, 3.63) is 47.5 Å². The number of benzene rings is 1. The predicted molar refractivity (Wildman–Crippen MR) is 65.2 cm³/mol. The second-order valence-corrected chi connectivity index (χ2v) is 4.03. The third kappa shape index (κ3) is 3.80. The largest absolute Gasteiger partial charge is 0.439 e. The lowest BCUT2D eigenvalue weighted by molar-refractivity contribution is -0.137. The molecule has 0 aliphatic heterocycles. The summed E-state index contributed by atoms with van der Waals surface area (Å²) in [6.45, 7) is 0. The summed E-state index contributed by atoms with van der Waals surface area (Å²) < 4.78 is 69.2. The van der Waals surface area contributed by atoms with Gasteiger partial charge in [0.05, 0.1) is 5.56 Å². The summed E-state index contributed by atoms with van der Waals surface area (Å²) in [5, 5.41) is 2.45. The highest BCUT2D eigenvalue weighted by molar-refractivity contribution is 5.43. The Kier molecular flexibility index (Phi) is 3.97. The van der Waals surface area contributed by atoms with Gasteiger partial charge in [-0.05, 0) is 6.07 Å². The number of rotatable bonds is 3. The maximum atomic E-state index is 13.0.